The van der Waals surface area contributed by atoms with E-state index in [1.54, 1.807) is 0 Å². The molecular weight excluding hydrogens is 272 g/mol. The van der Waals surface area contributed by atoms with Crippen molar-refractivity contribution in [3.05, 3.63) is 18.0 Å². The van der Waals surface area contributed by atoms with Gasteiger partial charge in [0.2, 0.25) is 0 Å². The van der Waals surface area contributed by atoms with Crippen molar-refractivity contribution < 1.29 is 0 Å². The molecule has 1 aromatic rings. The minimum absolute atomic E-state index is 0.804. The Morgan fingerprint density at radius 1 is 1.09 bits per heavy atom. The highest BCUT2D eigenvalue weighted by Gasteiger charge is 2.31. The van der Waals surface area contributed by atoms with Gasteiger partial charge in [-0.2, -0.15) is 5.10 Å². The Morgan fingerprint density at radius 3 is 2.41 bits per heavy atom. The summed E-state index contributed by atoms with van der Waals surface area (Å²) in [5.74, 6) is 2.69. The smallest absolute Gasteiger partial charge is 0.0534 e. The molecule has 2 fully saturated rings. The maximum absolute atomic E-state index is 4.28. The van der Waals surface area contributed by atoms with E-state index in [1.807, 2.05) is 17.9 Å². The monoisotopic (exact) mass is 304 g/mol. The van der Waals surface area contributed by atoms with Gasteiger partial charge in [0.15, 0.2) is 0 Å². The van der Waals surface area contributed by atoms with Gasteiger partial charge >= 0.3 is 0 Å². The van der Waals surface area contributed by atoms with Crippen LogP contribution in [0, 0.1) is 17.8 Å². The van der Waals surface area contributed by atoms with E-state index >= 15 is 0 Å². The van der Waals surface area contributed by atoms with Crippen molar-refractivity contribution in [2.75, 3.05) is 32.7 Å². The predicted molar refractivity (Wildman–Crippen MR) is 90.6 cm³/mol. The first kappa shape index (κ1) is 16.0. The summed E-state index contributed by atoms with van der Waals surface area (Å²) in [6.45, 7) is 12.2. The predicted octanol–water partition coefficient (Wildman–Crippen LogP) is 2.61. The summed E-state index contributed by atoms with van der Waals surface area (Å²) in [6, 6.07) is 0. The lowest BCUT2D eigenvalue weighted by Crippen LogP contribution is -2.38. The molecule has 0 N–H and O–H groups in total. The second kappa shape index (κ2) is 7.14. The number of rotatable bonds is 5. The highest BCUT2D eigenvalue weighted by molar-refractivity contribution is 5.04. The Kier molecular flexibility index (Phi) is 5.19. The van der Waals surface area contributed by atoms with Gasteiger partial charge in [-0.1, -0.05) is 13.8 Å². The quantitative estimate of drug-likeness (QED) is 0.836. The Bertz CT molecular complexity index is 459. The molecule has 0 aromatic carbocycles. The summed E-state index contributed by atoms with van der Waals surface area (Å²) in [5, 5.41) is 4.28. The van der Waals surface area contributed by atoms with Crippen molar-refractivity contribution in [3.8, 4) is 0 Å². The van der Waals surface area contributed by atoms with Crippen molar-refractivity contribution in [3.63, 3.8) is 0 Å². The van der Waals surface area contributed by atoms with E-state index in [0.29, 0.717) is 0 Å². The van der Waals surface area contributed by atoms with E-state index < -0.39 is 0 Å². The van der Waals surface area contributed by atoms with Gasteiger partial charge in [0.05, 0.1) is 6.20 Å². The molecule has 1 aromatic heterocycles. The van der Waals surface area contributed by atoms with E-state index in [4.69, 9.17) is 0 Å². The molecule has 3 heterocycles. The average Bonchev–Trinajstić information content (AvgIpc) is 3.09. The van der Waals surface area contributed by atoms with Crippen molar-refractivity contribution in [1.82, 2.24) is 19.6 Å². The maximum Gasteiger partial charge on any atom is 0.0534 e. The fourth-order valence-electron chi connectivity index (χ4n) is 4.33. The first-order valence-corrected chi connectivity index (χ1v) is 9.02. The van der Waals surface area contributed by atoms with Gasteiger partial charge in [0, 0.05) is 38.4 Å². The lowest BCUT2D eigenvalue weighted by Gasteiger charge is -2.35. The van der Waals surface area contributed by atoms with Crippen LogP contribution in [0.15, 0.2) is 12.4 Å². The van der Waals surface area contributed by atoms with Crippen LogP contribution < -0.4 is 0 Å². The highest BCUT2D eigenvalue weighted by Crippen LogP contribution is 2.32. The molecule has 1 unspecified atom stereocenters. The second-order valence-electron chi connectivity index (χ2n) is 7.84. The summed E-state index contributed by atoms with van der Waals surface area (Å²) in [5.41, 5.74) is 1.36. The molecule has 0 saturated carbocycles. The molecule has 2 saturated heterocycles. The van der Waals surface area contributed by atoms with Gasteiger partial charge in [-0.25, -0.2) is 0 Å². The molecule has 4 nitrogen and oxygen atoms in total. The fourth-order valence-corrected chi connectivity index (χ4v) is 4.33. The van der Waals surface area contributed by atoms with E-state index in [-0.39, 0.29) is 0 Å². The Balaban J connectivity index is 1.43. The highest BCUT2D eigenvalue weighted by atomic mass is 15.2. The summed E-state index contributed by atoms with van der Waals surface area (Å²) in [6.07, 6.45) is 8.39. The van der Waals surface area contributed by atoms with E-state index in [1.165, 1.54) is 57.5 Å². The zero-order chi connectivity index (χ0) is 15.5. The molecule has 0 spiro atoms. The van der Waals surface area contributed by atoms with Gasteiger partial charge in [0.25, 0.3) is 0 Å². The number of aromatic nitrogens is 2. The molecule has 0 radical (unpaired) electrons. The first-order valence-electron chi connectivity index (χ1n) is 9.02. The molecule has 1 atom stereocenters. The second-order valence-corrected chi connectivity index (χ2v) is 7.84. The largest absolute Gasteiger partial charge is 0.303 e. The molecule has 0 aliphatic carbocycles. The molecule has 0 amide bonds. The SMILES string of the molecule is CC(C)CN1CCC(C2CCN(Cc3cnn(C)c3)C2)CC1. The zero-order valence-corrected chi connectivity index (χ0v) is 14.5. The number of piperidine rings is 1. The van der Waals surface area contributed by atoms with Crippen molar-refractivity contribution in [1.29, 1.82) is 0 Å². The van der Waals surface area contributed by atoms with Crippen LogP contribution in [0.3, 0.4) is 0 Å². The van der Waals surface area contributed by atoms with E-state index in [2.05, 4.69) is 34.9 Å². The lowest BCUT2D eigenvalue weighted by atomic mass is 9.83. The third-order valence-electron chi connectivity index (χ3n) is 5.40. The zero-order valence-electron chi connectivity index (χ0n) is 14.5. The van der Waals surface area contributed by atoms with Crippen molar-refractivity contribution >= 4 is 0 Å². The van der Waals surface area contributed by atoms with Crippen LogP contribution in [0.5, 0.6) is 0 Å². The Morgan fingerprint density at radius 2 is 1.77 bits per heavy atom. The number of hydrogen-bond acceptors (Lipinski definition) is 3. The minimum atomic E-state index is 0.804. The molecule has 2 aliphatic heterocycles. The van der Waals surface area contributed by atoms with Gasteiger partial charge < -0.3 is 4.90 Å². The summed E-state index contributed by atoms with van der Waals surface area (Å²) < 4.78 is 1.91. The van der Waals surface area contributed by atoms with Crippen LogP contribution in [0.2, 0.25) is 0 Å². The van der Waals surface area contributed by atoms with Gasteiger partial charge in [0.1, 0.15) is 0 Å². The van der Waals surface area contributed by atoms with Crippen LogP contribution in [0.1, 0.15) is 38.7 Å². The molecule has 0 bridgehead atoms. The average molecular weight is 304 g/mol. The molecular formula is C18H32N4. The topological polar surface area (TPSA) is 24.3 Å². The number of hydrogen-bond donors (Lipinski definition) is 0. The Labute approximate surface area is 135 Å². The summed E-state index contributed by atoms with van der Waals surface area (Å²) >= 11 is 0. The van der Waals surface area contributed by atoms with Crippen LogP contribution >= 0.6 is 0 Å². The normalized spacial score (nSPS) is 25.4. The Hall–Kier alpha value is -0.870. The third-order valence-corrected chi connectivity index (χ3v) is 5.40. The molecule has 124 valence electrons. The van der Waals surface area contributed by atoms with Crippen LogP contribution in [-0.4, -0.2) is 52.3 Å². The standard InChI is InChI=1S/C18H32N4/c1-15(2)11-21-7-4-17(5-8-21)18-6-9-22(14-18)13-16-10-19-20(3)12-16/h10,12,15,17-18H,4-9,11,13-14H2,1-3H3. The minimum Gasteiger partial charge on any atom is -0.303 e. The van der Waals surface area contributed by atoms with Crippen molar-refractivity contribution in [2.45, 2.75) is 39.7 Å². The van der Waals surface area contributed by atoms with Gasteiger partial charge in [-0.05, 0) is 56.7 Å². The number of nitrogens with zero attached hydrogens (tertiary/aromatic N) is 4. The summed E-state index contributed by atoms with van der Waals surface area (Å²) in [7, 11) is 2.00. The van der Waals surface area contributed by atoms with E-state index in [9.17, 15) is 0 Å². The number of likely N-dealkylation sites (tertiary alicyclic amines) is 2. The molecule has 22 heavy (non-hydrogen) atoms. The molecule has 3 rings (SSSR count). The molecule has 4 heteroatoms. The van der Waals surface area contributed by atoms with Crippen LogP contribution in [0.25, 0.3) is 0 Å². The summed E-state index contributed by atoms with van der Waals surface area (Å²) in [4.78, 5) is 5.30. The lowest BCUT2D eigenvalue weighted by molar-refractivity contribution is 0.135. The van der Waals surface area contributed by atoms with E-state index in [0.717, 1.165) is 24.3 Å². The van der Waals surface area contributed by atoms with Crippen LogP contribution in [-0.2, 0) is 13.6 Å². The number of aryl methyl sites for hydroxylation is 1. The van der Waals surface area contributed by atoms with Crippen LogP contribution in [0.4, 0.5) is 0 Å². The maximum atomic E-state index is 4.28. The third kappa shape index (κ3) is 4.11. The van der Waals surface area contributed by atoms with Gasteiger partial charge in [-0.15, -0.1) is 0 Å². The first-order chi connectivity index (χ1) is 10.6. The fraction of sp³-hybridized carbons (Fsp3) is 0.833. The van der Waals surface area contributed by atoms with Crippen molar-refractivity contribution in [2.24, 2.45) is 24.8 Å². The van der Waals surface area contributed by atoms with Gasteiger partial charge in [-0.3, -0.25) is 9.58 Å². The molecule has 2 aliphatic rings.